The molecule has 0 aliphatic carbocycles. The highest BCUT2D eigenvalue weighted by Gasteiger charge is 2.39. The zero-order chi connectivity index (χ0) is 12.5. The van der Waals surface area contributed by atoms with Gasteiger partial charge in [-0.1, -0.05) is 6.92 Å². The topological polar surface area (TPSA) is 47.3 Å². The first-order valence-corrected chi connectivity index (χ1v) is 5.41. The molecule has 0 bridgehead atoms. The Hall–Kier alpha value is -1.08. The van der Waals surface area contributed by atoms with Gasteiger partial charge in [-0.2, -0.15) is 13.2 Å². The molecule has 1 saturated heterocycles. The first-order chi connectivity index (χ1) is 8.02. The highest BCUT2D eigenvalue weighted by molar-refractivity contribution is 5.14. The Morgan fingerprint density at radius 2 is 2.24 bits per heavy atom. The Morgan fingerprint density at radius 1 is 1.47 bits per heavy atom. The molecule has 1 N–H and O–H groups in total. The third-order valence-electron chi connectivity index (χ3n) is 2.51. The van der Waals surface area contributed by atoms with Crippen molar-refractivity contribution in [1.29, 1.82) is 0 Å². The first-order valence-electron chi connectivity index (χ1n) is 5.41. The number of oxazole rings is 1. The van der Waals surface area contributed by atoms with Crippen molar-refractivity contribution in [3.05, 3.63) is 17.3 Å². The average molecular weight is 250 g/mol. The number of ether oxygens (including phenoxy) is 1. The van der Waals surface area contributed by atoms with Crippen molar-refractivity contribution in [2.75, 3.05) is 19.7 Å². The quantitative estimate of drug-likeness (QED) is 0.871. The number of hydrogen-bond acceptors (Lipinski definition) is 4. The van der Waals surface area contributed by atoms with Crippen LogP contribution in [0.25, 0.3) is 0 Å². The van der Waals surface area contributed by atoms with E-state index in [9.17, 15) is 13.2 Å². The number of alkyl halides is 3. The van der Waals surface area contributed by atoms with Crippen LogP contribution in [0.1, 0.15) is 30.4 Å². The summed E-state index contributed by atoms with van der Waals surface area (Å²) in [6.07, 6.45) is -4.86. The van der Waals surface area contributed by atoms with Crippen LogP contribution in [0, 0.1) is 0 Å². The van der Waals surface area contributed by atoms with E-state index >= 15 is 0 Å². The first kappa shape index (κ1) is 12.4. The van der Waals surface area contributed by atoms with Crippen LogP contribution in [0.4, 0.5) is 13.2 Å². The molecule has 1 fully saturated rings. The molecule has 4 nitrogen and oxygen atoms in total. The number of nitrogens with one attached hydrogen (secondary N) is 1. The highest BCUT2D eigenvalue weighted by Crippen LogP contribution is 2.33. The van der Waals surface area contributed by atoms with Crippen molar-refractivity contribution in [2.24, 2.45) is 0 Å². The van der Waals surface area contributed by atoms with Crippen molar-refractivity contribution >= 4 is 0 Å². The van der Waals surface area contributed by atoms with Gasteiger partial charge in [0, 0.05) is 19.5 Å². The summed E-state index contributed by atoms with van der Waals surface area (Å²) in [6, 6.07) is 0. The maximum absolute atomic E-state index is 12.6. The zero-order valence-corrected chi connectivity index (χ0v) is 9.30. The normalized spacial score (nSPS) is 21.8. The van der Waals surface area contributed by atoms with Gasteiger partial charge in [0.15, 0.2) is 5.69 Å². The predicted octanol–water partition coefficient (Wildman–Crippen LogP) is 1.92. The molecule has 1 aromatic rings. The van der Waals surface area contributed by atoms with Crippen molar-refractivity contribution in [3.63, 3.8) is 0 Å². The third kappa shape index (κ3) is 2.61. The van der Waals surface area contributed by atoms with Gasteiger partial charge in [-0.15, -0.1) is 0 Å². The minimum absolute atomic E-state index is 0.00127. The maximum Gasteiger partial charge on any atom is 0.436 e. The van der Waals surface area contributed by atoms with E-state index in [0.717, 1.165) is 0 Å². The van der Waals surface area contributed by atoms with Crippen LogP contribution in [0.5, 0.6) is 0 Å². The second-order valence-electron chi connectivity index (χ2n) is 3.74. The Morgan fingerprint density at radius 3 is 2.71 bits per heavy atom. The number of aryl methyl sites for hydroxylation is 1. The van der Waals surface area contributed by atoms with E-state index in [1.807, 2.05) is 0 Å². The molecule has 0 aromatic carbocycles. The predicted molar refractivity (Wildman–Crippen MR) is 52.4 cm³/mol. The number of rotatable bonds is 2. The summed E-state index contributed by atoms with van der Waals surface area (Å²) in [5.74, 6) is -0.136. The molecule has 0 spiro atoms. The van der Waals surface area contributed by atoms with Crippen LogP contribution in [-0.4, -0.2) is 24.7 Å². The summed E-state index contributed by atoms with van der Waals surface area (Å²) in [5, 5.41) is 3.01. The van der Waals surface area contributed by atoms with E-state index in [2.05, 4.69) is 10.3 Å². The SMILES string of the molecule is CCc1oc(C2CNCCO2)nc1C(F)(F)F. The van der Waals surface area contributed by atoms with Crippen LogP contribution in [0.15, 0.2) is 4.42 Å². The summed E-state index contributed by atoms with van der Waals surface area (Å²) < 4.78 is 48.3. The number of morpholine rings is 1. The fourth-order valence-corrected chi connectivity index (χ4v) is 1.69. The lowest BCUT2D eigenvalue weighted by molar-refractivity contribution is -0.142. The summed E-state index contributed by atoms with van der Waals surface area (Å²) >= 11 is 0. The van der Waals surface area contributed by atoms with Gasteiger partial charge in [0.2, 0.25) is 5.89 Å². The van der Waals surface area contributed by atoms with E-state index in [0.29, 0.717) is 19.7 Å². The number of halogens is 3. The van der Waals surface area contributed by atoms with E-state index in [-0.39, 0.29) is 18.1 Å². The number of nitrogens with zero attached hydrogens (tertiary/aromatic N) is 1. The Bertz CT molecular complexity index is 383. The molecule has 2 rings (SSSR count). The smallest absolute Gasteiger partial charge is 0.436 e. The molecule has 1 atom stereocenters. The highest BCUT2D eigenvalue weighted by atomic mass is 19.4. The Labute approximate surface area is 96.2 Å². The minimum atomic E-state index is -4.48. The lowest BCUT2D eigenvalue weighted by Crippen LogP contribution is -2.33. The number of aromatic nitrogens is 1. The van der Waals surface area contributed by atoms with E-state index in [4.69, 9.17) is 9.15 Å². The molecular weight excluding hydrogens is 237 g/mol. The largest absolute Gasteiger partial charge is 0.442 e. The molecule has 0 radical (unpaired) electrons. The number of hydrogen-bond donors (Lipinski definition) is 1. The minimum Gasteiger partial charge on any atom is -0.442 e. The molecule has 1 unspecified atom stereocenters. The van der Waals surface area contributed by atoms with Crippen molar-refractivity contribution < 1.29 is 22.3 Å². The lowest BCUT2D eigenvalue weighted by atomic mass is 10.3. The van der Waals surface area contributed by atoms with E-state index in [1.54, 1.807) is 6.92 Å². The van der Waals surface area contributed by atoms with Crippen molar-refractivity contribution in [3.8, 4) is 0 Å². The van der Waals surface area contributed by atoms with Crippen LogP contribution < -0.4 is 5.32 Å². The fourth-order valence-electron chi connectivity index (χ4n) is 1.69. The van der Waals surface area contributed by atoms with Gasteiger partial charge in [0.1, 0.15) is 11.9 Å². The third-order valence-corrected chi connectivity index (χ3v) is 2.51. The van der Waals surface area contributed by atoms with Crippen molar-refractivity contribution in [1.82, 2.24) is 10.3 Å². The summed E-state index contributed by atoms with van der Waals surface area (Å²) in [6.45, 7) is 3.14. The van der Waals surface area contributed by atoms with E-state index in [1.165, 1.54) is 0 Å². The van der Waals surface area contributed by atoms with Gasteiger partial charge in [0.25, 0.3) is 0 Å². The molecule has 96 valence electrons. The van der Waals surface area contributed by atoms with Crippen LogP contribution in [0.2, 0.25) is 0 Å². The monoisotopic (exact) mass is 250 g/mol. The molecule has 2 heterocycles. The summed E-state index contributed by atoms with van der Waals surface area (Å²) in [7, 11) is 0. The fraction of sp³-hybridized carbons (Fsp3) is 0.700. The lowest BCUT2D eigenvalue weighted by Gasteiger charge is -2.20. The van der Waals surface area contributed by atoms with Crippen LogP contribution in [0.3, 0.4) is 0 Å². The van der Waals surface area contributed by atoms with Gasteiger partial charge >= 0.3 is 6.18 Å². The molecule has 1 aromatic heterocycles. The molecule has 1 aliphatic heterocycles. The average Bonchev–Trinajstić information content (AvgIpc) is 2.74. The molecule has 0 saturated carbocycles. The maximum atomic E-state index is 12.6. The van der Waals surface area contributed by atoms with Crippen molar-refractivity contribution in [2.45, 2.75) is 25.6 Å². The molecular formula is C10H13F3N2O2. The molecule has 7 heteroatoms. The summed E-state index contributed by atoms with van der Waals surface area (Å²) in [4.78, 5) is 3.52. The van der Waals surface area contributed by atoms with Crippen LogP contribution >= 0.6 is 0 Å². The molecule has 1 aliphatic rings. The standard InChI is InChI=1S/C10H13F3N2O2/c1-2-6-8(10(11,12)13)15-9(17-6)7-5-14-3-4-16-7/h7,14H,2-5H2,1H3. The Kier molecular flexibility index (Phi) is 3.39. The van der Waals surface area contributed by atoms with Gasteiger partial charge in [-0.05, 0) is 0 Å². The van der Waals surface area contributed by atoms with Crippen LogP contribution in [-0.2, 0) is 17.3 Å². The molecule has 0 amide bonds. The zero-order valence-electron chi connectivity index (χ0n) is 9.30. The Balaban J connectivity index is 2.27. The van der Waals surface area contributed by atoms with E-state index < -0.39 is 18.0 Å². The van der Waals surface area contributed by atoms with Gasteiger partial charge in [-0.3, -0.25) is 0 Å². The van der Waals surface area contributed by atoms with Gasteiger partial charge < -0.3 is 14.5 Å². The second-order valence-corrected chi connectivity index (χ2v) is 3.74. The van der Waals surface area contributed by atoms with Gasteiger partial charge in [-0.25, -0.2) is 4.98 Å². The second kappa shape index (κ2) is 4.66. The summed E-state index contributed by atoms with van der Waals surface area (Å²) in [5.41, 5.74) is -0.941. The van der Waals surface area contributed by atoms with Gasteiger partial charge in [0.05, 0.1) is 6.61 Å². The molecule has 17 heavy (non-hydrogen) atoms.